The van der Waals surface area contributed by atoms with Crippen molar-refractivity contribution in [3.63, 3.8) is 0 Å². The summed E-state index contributed by atoms with van der Waals surface area (Å²) < 4.78 is 17.6. The molecule has 1 saturated heterocycles. The van der Waals surface area contributed by atoms with Crippen LogP contribution < -0.4 is 10.5 Å². The number of hydrogen-bond donors (Lipinski definition) is 0. The number of fused-ring (bicyclic) bond motifs is 1. The first kappa shape index (κ1) is 25.9. The second-order valence-electron chi connectivity index (χ2n) is 10.1. The minimum atomic E-state index is -0.260. The van der Waals surface area contributed by atoms with E-state index in [1.165, 1.54) is 17.4 Å². The molecule has 1 aliphatic heterocycles. The third-order valence-electron chi connectivity index (χ3n) is 7.37. The molecule has 4 heterocycles. The van der Waals surface area contributed by atoms with Gasteiger partial charge in [0.1, 0.15) is 11.5 Å². The molecule has 3 aromatic heterocycles. The molecule has 8 nitrogen and oxygen atoms in total. The summed E-state index contributed by atoms with van der Waals surface area (Å²) in [5, 5.41) is 6.60. The van der Waals surface area contributed by atoms with Crippen molar-refractivity contribution < 1.29 is 9.18 Å². The highest BCUT2D eigenvalue weighted by molar-refractivity contribution is 7.15. The number of carbonyl (C=O) groups excluding carboxylic acids is 1. The van der Waals surface area contributed by atoms with Crippen LogP contribution in [0, 0.1) is 26.6 Å². The summed E-state index contributed by atoms with van der Waals surface area (Å²) in [5.74, 6) is -0.328. The van der Waals surface area contributed by atoms with Gasteiger partial charge in [0.15, 0.2) is 4.96 Å². The average molecular weight is 557 g/mol. The van der Waals surface area contributed by atoms with Gasteiger partial charge in [-0.2, -0.15) is 5.10 Å². The van der Waals surface area contributed by atoms with Crippen LogP contribution in [0.15, 0.2) is 64.8 Å². The van der Waals surface area contributed by atoms with Crippen molar-refractivity contribution in [1.29, 1.82) is 0 Å². The van der Waals surface area contributed by atoms with E-state index < -0.39 is 0 Å². The lowest BCUT2D eigenvalue weighted by atomic mass is 10.1. The molecule has 1 aliphatic rings. The summed E-state index contributed by atoms with van der Waals surface area (Å²) in [6, 6.07) is 16.6. The lowest BCUT2D eigenvalue weighted by molar-refractivity contribution is -0.130. The second kappa shape index (κ2) is 10.3. The fourth-order valence-electron chi connectivity index (χ4n) is 5.31. The fourth-order valence-corrected chi connectivity index (χ4v) is 6.24. The summed E-state index contributed by atoms with van der Waals surface area (Å²) in [4.78, 5) is 36.1. The Bertz CT molecular complexity index is 1800. The molecule has 2 aromatic carbocycles. The van der Waals surface area contributed by atoms with Gasteiger partial charge in [0.05, 0.1) is 29.1 Å². The van der Waals surface area contributed by atoms with Gasteiger partial charge in [0.25, 0.3) is 5.56 Å². The quantitative estimate of drug-likeness (QED) is 0.317. The first-order chi connectivity index (χ1) is 19.3. The number of anilines is 1. The molecule has 0 aliphatic carbocycles. The number of amides is 1. The van der Waals surface area contributed by atoms with Gasteiger partial charge in [-0.25, -0.2) is 14.1 Å². The topological polar surface area (TPSA) is 75.7 Å². The smallest absolute Gasteiger partial charge is 0.268 e. The monoisotopic (exact) mass is 556 g/mol. The summed E-state index contributed by atoms with van der Waals surface area (Å²) >= 11 is 1.35. The Morgan fingerprint density at radius 1 is 1.00 bits per heavy atom. The van der Waals surface area contributed by atoms with E-state index >= 15 is 0 Å². The van der Waals surface area contributed by atoms with Crippen molar-refractivity contribution in [2.24, 2.45) is 0 Å². The SMILES string of the molecule is Cc1cccc(-n2nc(-c3c(C)nc4scc(CC(=O)N5CCN(c6ccccc6F)CC5)n4c3=O)cc2C)c1. The van der Waals surface area contributed by atoms with Gasteiger partial charge in [0, 0.05) is 42.9 Å². The molecule has 0 saturated carbocycles. The van der Waals surface area contributed by atoms with Crippen LogP contribution in [0.4, 0.5) is 10.1 Å². The largest absolute Gasteiger partial charge is 0.366 e. The minimum Gasteiger partial charge on any atom is -0.366 e. The van der Waals surface area contributed by atoms with Gasteiger partial charge >= 0.3 is 0 Å². The van der Waals surface area contributed by atoms with Gasteiger partial charge in [-0.1, -0.05) is 24.3 Å². The number of para-hydroxylation sites is 1. The summed E-state index contributed by atoms with van der Waals surface area (Å²) in [6.07, 6.45) is 0.0839. The first-order valence-electron chi connectivity index (χ1n) is 13.2. The van der Waals surface area contributed by atoms with Crippen LogP contribution in [0.3, 0.4) is 0 Å². The molecule has 0 radical (unpaired) electrons. The number of piperazine rings is 1. The summed E-state index contributed by atoms with van der Waals surface area (Å²) in [7, 11) is 0. The Balaban J connectivity index is 1.26. The maximum Gasteiger partial charge on any atom is 0.268 e. The zero-order chi connectivity index (χ0) is 28.0. The van der Waals surface area contributed by atoms with Gasteiger partial charge in [-0.05, 0) is 56.7 Å². The molecule has 0 unspecified atom stereocenters. The third kappa shape index (κ3) is 4.68. The highest BCUT2D eigenvalue weighted by Gasteiger charge is 2.25. The number of aromatic nitrogens is 4. The molecule has 1 fully saturated rings. The van der Waals surface area contributed by atoms with Crippen molar-refractivity contribution in [1.82, 2.24) is 24.1 Å². The van der Waals surface area contributed by atoms with Gasteiger partial charge in [-0.3, -0.25) is 14.0 Å². The van der Waals surface area contributed by atoms with Crippen LogP contribution in [0.1, 0.15) is 22.6 Å². The van der Waals surface area contributed by atoms with Crippen LogP contribution in [0.25, 0.3) is 21.9 Å². The van der Waals surface area contributed by atoms with Gasteiger partial charge in [-0.15, -0.1) is 11.3 Å². The molecule has 5 aromatic rings. The van der Waals surface area contributed by atoms with E-state index in [0.29, 0.717) is 59.5 Å². The highest BCUT2D eigenvalue weighted by Crippen LogP contribution is 2.25. The average Bonchev–Trinajstić information content (AvgIpc) is 3.52. The zero-order valence-corrected chi connectivity index (χ0v) is 23.4. The number of aryl methyl sites for hydroxylation is 3. The maximum absolute atomic E-state index is 14.2. The molecule has 6 rings (SSSR count). The van der Waals surface area contributed by atoms with Gasteiger partial charge in [0.2, 0.25) is 5.91 Å². The number of hydrogen-bond acceptors (Lipinski definition) is 6. The molecule has 1 amide bonds. The first-order valence-corrected chi connectivity index (χ1v) is 14.1. The number of halogens is 1. The normalized spacial score (nSPS) is 13.8. The molecule has 40 heavy (non-hydrogen) atoms. The number of thiazole rings is 1. The lowest BCUT2D eigenvalue weighted by Crippen LogP contribution is -2.49. The Morgan fingerprint density at radius 2 is 1.77 bits per heavy atom. The van der Waals surface area contributed by atoms with Crippen molar-refractivity contribution in [2.45, 2.75) is 27.2 Å². The predicted octanol–water partition coefficient (Wildman–Crippen LogP) is 4.56. The van der Waals surface area contributed by atoms with Crippen LogP contribution >= 0.6 is 11.3 Å². The molecule has 10 heteroatoms. The number of rotatable bonds is 5. The second-order valence-corrected chi connectivity index (χ2v) is 11.0. The molecule has 0 spiro atoms. The van der Waals surface area contributed by atoms with E-state index in [1.807, 2.05) is 72.1 Å². The van der Waals surface area contributed by atoms with Crippen LogP contribution in [0.2, 0.25) is 0 Å². The minimum absolute atomic E-state index is 0.0681. The fraction of sp³-hybridized carbons (Fsp3) is 0.267. The third-order valence-corrected chi connectivity index (χ3v) is 8.24. The molecule has 0 bridgehead atoms. The van der Waals surface area contributed by atoms with E-state index in [2.05, 4.69) is 0 Å². The Morgan fingerprint density at radius 3 is 2.52 bits per heavy atom. The van der Waals surface area contributed by atoms with E-state index in [1.54, 1.807) is 21.4 Å². The van der Waals surface area contributed by atoms with E-state index in [-0.39, 0.29) is 23.7 Å². The van der Waals surface area contributed by atoms with Crippen LogP contribution in [-0.4, -0.2) is 56.2 Å². The molecule has 0 atom stereocenters. The zero-order valence-electron chi connectivity index (χ0n) is 22.6. The van der Waals surface area contributed by atoms with Crippen LogP contribution in [0.5, 0.6) is 0 Å². The summed E-state index contributed by atoms with van der Waals surface area (Å²) in [5.41, 5.74) is 5.46. The van der Waals surface area contributed by atoms with Gasteiger partial charge < -0.3 is 9.80 Å². The van der Waals surface area contributed by atoms with Crippen molar-refractivity contribution in [3.8, 4) is 16.9 Å². The van der Waals surface area contributed by atoms with E-state index in [4.69, 9.17) is 10.1 Å². The van der Waals surface area contributed by atoms with Crippen LogP contribution in [-0.2, 0) is 11.2 Å². The number of carbonyl (C=O) groups is 1. The van der Waals surface area contributed by atoms with E-state index in [9.17, 15) is 14.0 Å². The highest BCUT2D eigenvalue weighted by atomic mass is 32.1. The molecule has 0 N–H and O–H groups in total. The Kier molecular flexibility index (Phi) is 6.71. The Hall–Kier alpha value is -4.31. The van der Waals surface area contributed by atoms with E-state index in [0.717, 1.165) is 16.9 Å². The number of benzene rings is 2. The maximum atomic E-state index is 14.2. The lowest BCUT2D eigenvalue weighted by Gasteiger charge is -2.36. The molecule has 204 valence electrons. The summed E-state index contributed by atoms with van der Waals surface area (Å²) in [6.45, 7) is 7.87. The Labute approximate surface area is 234 Å². The molecular weight excluding hydrogens is 527 g/mol. The number of nitrogens with zero attached hydrogens (tertiary/aromatic N) is 6. The van der Waals surface area contributed by atoms with Crippen molar-refractivity contribution in [3.05, 3.63) is 98.8 Å². The van der Waals surface area contributed by atoms with Crippen molar-refractivity contribution in [2.75, 3.05) is 31.1 Å². The standard InChI is InChI=1S/C30H29FN6O2S/c1-19-7-6-8-22(15-19)37-20(2)16-25(33-37)28-21(3)32-30-36(29(28)39)23(18-40-30)17-27(38)35-13-11-34(12-14-35)26-10-5-4-9-24(26)31/h4-10,15-16,18H,11-14,17H2,1-3H3. The molecular formula is C30H29FN6O2S. The van der Waals surface area contributed by atoms with Crippen molar-refractivity contribution >= 4 is 27.9 Å². The predicted molar refractivity (Wildman–Crippen MR) is 155 cm³/mol.